The smallest absolute Gasteiger partial charge is 0.264 e. The number of carbonyl (C=O) groups is 2. The number of ether oxygens (including phenoxy) is 1. The van der Waals surface area contributed by atoms with Gasteiger partial charge in [0.15, 0.2) is 0 Å². The fourth-order valence-electron chi connectivity index (χ4n) is 3.75. The predicted molar refractivity (Wildman–Crippen MR) is 144 cm³/mol. The average Bonchev–Trinajstić information content (AvgIpc) is 2.90. The van der Waals surface area contributed by atoms with Crippen molar-refractivity contribution in [1.82, 2.24) is 10.2 Å². The predicted octanol–water partition coefficient (Wildman–Crippen LogP) is 4.15. The molecule has 3 aromatic rings. The van der Waals surface area contributed by atoms with Crippen LogP contribution in [0.5, 0.6) is 5.75 Å². The summed E-state index contributed by atoms with van der Waals surface area (Å²) in [5, 5.41) is 2.66. The van der Waals surface area contributed by atoms with Crippen LogP contribution in [-0.4, -0.2) is 51.9 Å². The quantitative estimate of drug-likeness (QED) is 0.401. The molecule has 0 fully saturated rings. The Kier molecular flexibility index (Phi) is 9.35. The van der Waals surface area contributed by atoms with Gasteiger partial charge in [0.25, 0.3) is 10.0 Å². The van der Waals surface area contributed by atoms with E-state index in [4.69, 9.17) is 16.3 Å². The van der Waals surface area contributed by atoms with Crippen molar-refractivity contribution in [3.63, 3.8) is 0 Å². The lowest BCUT2D eigenvalue weighted by Crippen LogP contribution is -2.50. The summed E-state index contributed by atoms with van der Waals surface area (Å²) >= 11 is 6.30. The van der Waals surface area contributed by atoms with Gasteiger partial charge in [-0.05, 0) is 61.9 Å². The molecule has 3 aromatic carbocycles. The SMILES string of the molecule is CNC(=O)[C@H](C)N(Cc1ccc(F)cc1)C(=O)CN(c1ccc(OC)c(Cl)c1)S(=O)(=O)c1ccc(C)cc1. The molecule has 11 heteroatoms. The van der Waals surface area contributed by atoms with Crippen molar-refractivity contribution in [1.29, 1.82) is 0 Å². The van der Waals surface area contributed by atoms with Crippen LogP contribution in [0.1, 0.15) is 18.1 Å². The normalized spacial score (nSPS) is 11.9. The molecule has 0 heterocycles. The molecule has 38 heavy (non-hydrogen) atoms. The van der Waals surface area contributed by atoms with Crippen molar-refractivity contribution >= 4 is 39.1 Å². The highest BCUT2D eigenvalue weighted by molar-refractivity contribution is 7.92. The lowest BCUT2D eigenvalue weighted by molar-refractivity contribution is -0.139. The summed E-state index contributed by atoms with van der Waals surface area (Å²) in [4.78, 5) is 27.4. The molecule has 0 spiro atoms. The van der Waals surface area contributed by atoms with Gasteiger partial charge in [0.1, 0.15) is 24.2 Å². The number of halogens is 2. The Morgan fingerprint density at radius 1 is 1.05 bits per heavy atom. The number of carbonyl (C=O) groups excluding carboxylic acids is 2. The molecule has 0 aromatic heterocycles. The van der Waals surface area contributed by atoms with Gasteiger partial charge < -0.3 is 15.0 Å². The van der Waals surface area contributed by atoms with Gasteiger partial charge in [-0.3, -0.25) is 13.9 Å². The fourth-order valence-corrected chi connectivity index (χ4v) is 5.41. The van der Waals surface area contributed by atoms with E-state index < -0.39 is 40.2 Å². The number of hydrogen-bond acceptors (Lipinski definition) is 5. The molecule has 0 saturated carbocycles. The Morgan fingerprint density at radius 3 is 2.24 bits per heavy atom. The van der Waals surface area contributed by atoms with E-state index in [1.165, 1.54) is 80.6 Å². The van der Waals surface area contributed by atoms with E-state index in [0.717, 1.165) is 9.87 Å². The maximum Gasteiger partial charge on any atom is 0.264 e. The molecule has 0 saturated heterocycles. The van der Waals surface area contributed by atoms with Crippen LogP contribution in [0.25, 0.3) is 0 Å². The van der Waals surface area contributed by atoms with Gasteiger partial charge in [-0.15, -0.1) is 0 Å². The first-order valence-corrected chi connectivity index (χ1v) is 13.5. The summed E-state index contributed by atoms with van der Waals surface area (Å²) in [6.07, 6.45) is 0. The van der Waals surface area contributed by atoms with E-state index in [0.29, 0.717) is 11.3 Å². The van der Waals surface area contributed by atoms with Gasteiger partial charge in [-0.2, -0.15) is 0 Å². The highest BCUT2D eigenvalue weighted by atomic mass is 35.5. The maximum atomic E-state index is 13.8. The number of methoxy groups -OCH3 is 1. The first-order chi connectivity index (χ1) is 18.0. The molecule has 1 atom stereocenters. The Morgan fingerprint density at radius 2 is 1.68 bits per heavy atom. The van der Waals surface area contributed by atoms with Crippen LogP contribution in [0, 0.1) is 12.7 Å². The molecule has 8 nitrogen and oxygen atoms in total. The minimum atomic E-state index is -4.23. The molecule has 0 bridgehead atoms. The Hall–Kier alpha value is -3.63. The standard InChI is InChI=1S/C27H29ClFN3O5S/c1-18-5-12-23(13-6-18)38(35,36)32(22-11-14-25(37-4)24(28)15-22)17-26(33)31(19(2)27(34)30-3)16-20-7-9-21(29)10-8-20/h5-15,19H,16-17H2,1-4H3,(H,30,34)/t19-/m0/s1. The van der Waals surface area contributed by atoms with Crippen LogP contribution >= 0.6 is 11.6 Å². The highest BCUT2D eigenvalue weighted by Gasteiger charge is 2.32. The van der Waals surface area contributed by atoms with E-state index in [2.05, 4.69) is 5.32 Å². The van der Waals surface area contributed by atoms with E-state index in [1.807, 2.05) is 6.92 Å². The van der Waals surface area contributed by atoms with Crippen molar-refractivity contribution in [2.24, 2.45) is 0 Å². The third-order valence-corrected chi connectivity index (χ3v) is 8.07. The number of hydrogen-bond donors (Lipinski definition) is 1. The zero-order chi connectivity index (χ0) is 28.0. The lowest BCUT2D eigenvalue weighted by Gasteiger charge is -2.32. The number of likely N-dealkylation sites (N-methyl/N-ethyl adjacent to an activating group) is 1. The van der Waals surface area contributed by atoms with Crippen LogP contribution in [0.2, 0.25) is 5.02 Å². The van der Waals surface area contributed by atoms with Gasteiger partial charge in [-0.1, -0.05) is 41.4 Å². The van der Waals surface area contributed by atoms with Crippen molar-refractivity contribution in [3.8, 4) is 5.75 Å². The zero-order valence-electron chi connectivity index (χ0n) is 21.4. The molecule has 3 rings (SSSR count). The Labute approximate surface area is 227 Å². The lowest BCUT2D eigenvalue weighted by atomic mass is 10.1. The average molecular weight is 562 g/mol. The second-order valence-corrected chi connectivity index (χ2v) is 10.9. The number of benzene rings is 3. The van der Waals surface area contributed by atoms with Crippen LogP contribution in [0.15, 0.2) is 71.6 Å². The van der Waals surface area contributed by atoms with Gasteiger partial charge in [0.05, 0.1) is 22.7 Å². The molecule has 0 unspecified atom stereocenters. The summed E-state index contributed by atoms with van der Waals surface area (Å²) in [6.45, 7) is 2.69. The van der Waals surface area contributed by atoms with Gasteiger partial charge >= 0.3 is 0 Å². The van der Waals surface area contributed by atoms with E-state index in [9.17, 15) is 22.4 Å². The first-order valence-electron chi connectivity index (χ1n) is 11.7. The van der Waals surface area contributed by atoms with Crippen LogP contribution in [-0.2, 0) is 26.2 Å². The number of anilines is 1. The topological polar surface area (TPSA) is 96.0 Å². The number of aryl methyl sites for hydroxylation is 1. The molecule has 1 N–H and O–H groups in total. The summed E-state index contributed by atoms with van der Waals surface area (Å²) in [5.74, 6) is -1.20. The minimum absolute atomic E-state index is 0.0210. The Balaban J connectivity index is 2.06. The monoisotopic (exact) mass is 561 g/mol. The minimum Gasteiger partial charge on any atom is -0.495 e. The number of nitrogens with zero attached hydrogens (tertiary/aromatic N) is 2. The third kappa shape index (κ3) is 6.62. The fraction of sp³-hybridized carbons (Fsp3) is 0.259. The Bertz CT molecular complexity index is 1400. The van der Waals surface area contributed by atoms with Gasteiger partial charge in [0, 0.05) is 13.6 Å². The third-order valence-electron chi connectivity index (χ3n) is 5.99. The molecular weight excluding hydrogens is 533 g/mol. The number of nitrogens with one attached hydrogen (secondary N) is 1. The van der Waals surface area contributed by atoms with Crippen molar-refractivity contribution in [2.45, 2.75) is 31.3 Å². The molecular formula is C27H29ClFN3O5S. The number of sulfonamides is 1. The summed E-state index contributed by atoms with van der Waals surface area (Å²) in [5.41, 5.74) is 1.57. The van der Waals surface area contributed by atoms with Crippen molar-refractivity contribution in [2.75, 3.05) is 25.0 Å². The number of rotatable bonds is 10. The summed E-state index contributed by atoms with van der Waals surface area (Å²) < 4.78 is 47.1. The van der Waals surface area contributed by atoms with Crippen LogP contribution in [0.4, 0.5) is 10.1 Å². The van der Waals surface area contributed by atoms with Crippen molar-refractivity contribution in [3.05, 3.63) is 88.7 Å². The van der Waals surface area contributed by atoms with Gasteiger partial charge in [0.2, 0.25) is 11.8 Å². The second kappa shape index (κ2) is 12.3. The maximum absolute atomic E-state index is 13.8. The van der Waals surface area contributed by atoms with E-state index in [1.54, 1.807) is 12.1 Å². The molecule has 0 radical (unpaired) electrons. The van der Waals surface area contributed by atoms with Gasteiger partial charge in [-0.25, -0.2) is 12.8 Å². The number of amides is 2. The first kappa shape index (κ1) is 28.9. The second-order valence-electron chi connectivity index (χ2n) is 8.58. The summed E-state index contributed by atoms with van der Waals surface area (Å²) in [6, 6.07) is 15.1. The largest absolute Gasteiger partial charge is 0.495 e. The van der Waals surface area contributed by atoms with E-state index in [-0.39, 0.29) is 22.2 Å². The molecule has 202 valence electrons. The summed E-state index contributed by atoms with van der Waals surface area (Å²) in [7, 11) is -1.36. The van der Waals surface area contributed by atoms with Crippen LogP contribution < -0.4 is 14.4 Å². The highest BCUT2D eigenvalue weighted by Crippen LogP contribution is 2.32. The van der Waals surface area contributed by atoms with E-state index >= 15 is 0 Å². The molecule has 0 aliphatic heterocycles. The molecule has 2 amide bonds. The zero-order valence-corrected chi connectivity index (χ0v) is 23.0. The molecule has 0 aliphatic rings. The molecule has 0 aliphatic carbocycles. The van der Waals surface area contributed by atoms with Crippen LogP contribution in [0.3, 0.4) is 0 Å². The van der Waals surface area contributed by atoms with Crippen molar-refractivity contribution < 1.29 is 27.1 Å².